The Bertz CT molecular complexity index is 768. The zero-order chi connectivity index (χ0) is 16.2. The third kappa shape index (κ3) is 3.68. The quantitative estimate of drug-likeness (QED) is 0.721. The Balaban J connectivity index is 1.95. The molecule has 0 spiro atoms. The molecule has 0 amide bonds. The summed E-state index contributed by atoms with van der Waals surface area (Å²) in [6.07, 6.45) is 0.668. The number of aromatic nitrogens is 4. The van der Waals surface area contributed by atoms with Crippen molar-refractivity contribution in [3.8, 4) is 5.75 Å². The Morgan fingerprint density at radius 3 is 2.17 bits per heavy atom. The van der Waals surface area contributed by atoms with Crippen molar-refractivity contribution in [3.63, 3.8) is 0 Å². The van der Waals surface area contributed by atoms with Crippen LogP contribution in [0.5, 0.6) is 5.75 Å². The van der Waals surface area contributed by atoms with E-state index in [4.69, 9.17) is 16.3 Å². The third-order valence-corrected chi connectivity index (χ3v) is 3.98. The van der Waals surface area contributed by atoms with Crippen LogP contribution in [0.25, 0.3) is 0 Å². The van der Waals surface area contributed by atoms with Crippen molar-refractivity contribution in [3.05, 3.63) is 70.5 Å². The fraction of sp³-hybridized carbons (Fsp3) is 0.235. The topological polar surface area (TPSA) is 52.8 Å². The molecule has 1 atom stereocenters. The zero-order valence-corrected chi connectivity index (χ0v) is 13.7. The van der Waals surface area contributed by atoms with Crippen LogP contribution in [0.1, 0.15) is 22.9 Å². The van der Waals surface area contributed by atoms with Crippen molar-refractivity contribution in [2.75, 3.05) is 7.11 Å². The van der Waals surface area contributed by atoms with Crippen LogP contribution >= 0.6 is 11.6 Å². The second kappa shape index (κ2) is 6.79. The lowest BCUT2D eigenvalue weighted by atomic mass is 9.88. The van der Waals surface area contributed by atoms with E-state index in [-0.39, 0.29) is 5.92 Å². The molecule has 3 aromatic rings. The molecule has 0 radical (unpaired) electrons. The molecule has 0 N–H and O–H groups in total. The molecule has 0 saturated carbocycles. The monoisotopic (exact) mass is 328 g/mol. The van der Waals surface area contributed by atoms with Gasteiger partial charge in [0, 0.05) is 17.4 Å². The van der Waals surface area contributed by atoms with E-state index in [1.54, 1.807) is 14.2 Å². The van der Waals surface area contributed by atoms with Gasteiger partial charge in [-0.1, -0.05) is 35.9 Å². The Morgan fingerprint density at radius 1 is 1.04 bits per heavy atom. The summed E-state index contributed by atoms with van der Waals surface area (Å²) >= 11 is 6.01. The van der Waals surface area contributed by atoms with Crippen molar-refractivity contribution in [2.45, 2.75) is 12.3 Å². The summed E-state index contributed by atoms with van der Waals surface area (Å²) in [4.78, 5) is 1.47. The van der Waals surface area contributed by atoms with Gasteiger partial charge in [0.05, 0.1) is 14.2 Å². The second-order valence-electron chi connectivity index (χ2n) is 5.28. The molecule has 3 rings (SSSR count). The molecule has 0 saturated heterocycles. The predicted octanol–water partition coefficient (Wildman–Crippen LogP) is 3.25. The molecule has 118 valence electrons. The van der Waals surface area contributed by atoms with Gasteiger partial charge in [0.1, 0.15) is 5.75 Å². The van der Waals surface area contributed by atoms with Crippen LogP contribution in [0.4, 0.5) is 0 Å². The highest BCUT2D eigenvalue weighted by molar-refractivity contribution is 6.30. The summed E-state index contributed by atoms with van der Waals surface area (Å²) in [6.45, 7) is 0. The maximum atomic E-state index is 6.01. The normalized spacial score (nSPS) is 12.1. The second-order valence-corrected chi connectivity index (χ2v) is 5.71. The Labute approximate surface area is 139 Å². The fourth-order valence-electron chi connectivity index (χ4n) is 2.55. The molecule has 2 aromatic carbocycles. The number of methoxy groups -OCH3 is 1. The number of ether oxygens (including phenoxy) is 1. The smallest absolute Gasteiger partial charge is 0.175 e. The lowest BCUT2D eigenvalue weighted by Crippen LogP contribution is -2.07. The average molecular weight is 329 g/mol. The van der Waals surface area contributed by atoms with Crippen LogP contribution in [0, 0.1) is 0 Å². The van der Waals surface area contributed by atoms with E-state index < -0.39 is 0 Å². The van der Waals surface area contributed by atoms with Gasteiger partial charge in [0.25, 0.3) is 0 Å². The molecule has 1 heterocycles. The SMILES string of the molecule is COc1ccc(C(Cc2nnn(C)n2)c2ccc(Cl)cc2)cc1. The van der Waals surface area contributed by atoms with Gasteiger partial charge in [-0.15, -0.1) is 10.2 Å². The van der Waals surface area contributed by atoms with Crippen LogP contribution in [0.3, 0.4) is 0 Å². The van der Waals surface area contributed by atoms with Gasteiger partial charge in [0.2, 0.25) is 0 Å². The number of nitrogens with zero attached hydrogens (tertiary/aromatic N) is 4. The molecule has 1 unspecified atom stereocenters. The number of tetrazole rings is 1. The highest BCUT2D eigenvalue weighted by Crippen LogP contribution is 2.29. The molecule has 23 heavy (non-hydrogen) atoms. The summed E-state index contributed by atoms with van der Waals surface area (Å²) in [5.74, 6) is 1.67. The van der Waals surface area contributed by atoms with Gasteiger partial charge in [-0.3, -0.25) is 0 Å². The van der Waals surface area contributed by atoms with Crippen molar-refractivity contribution >= 4 is 11.6 Å². The number of halogens is 1. The van der Waals surface area contributed by atoms with Gasteiger partial charge in [-0.25, -0.2) is 0 Å². The zero-order valence-electron chi connectivity index (χ0n) is 13.0. The molecule has 6 heteroatoms. The Morgan fingerprint density at radius 2 is 1.65 bits per heavy atom. The van der Waals surface area contributed by atoms with E-state index in [2.05, 4.69) is 27.5 Å². The molecular formula is C17H17ClN4O. The van der Waals surface area contributed by atoms with E-state index in [0.717, 1.165) is 16.3 Å². The molecule has 0 aliphatic heterocycles. The van der Waals surface area contributed by atoms with Crippen molar-refractivity contribution in [1.82, 2.24) is 20.2 Å². The number of aryl methyl sites for hydroxylation is 1. The minimum atomic E-state index is 0.127. The minimum absolute atomic E-state index is 0.127. The van der Waals surface area contributed by atoms with Gasteiger partial charge < -0.3 is 4.74 Å². The Kier molecular flexibility index (Phi) is 4.57. The molecule has 5 nitrogen and oxygen atoms in total. The van der Waals surface area contributed by atoms with Crippen molar-refractivity contribution in [2.24, 2.45) is 7.05 Å². The van der Waals surface area contributed by atoms with E-state index in [0.29, 0.717) is 12.2 Å². The first-order valence-corrected chi connectivity index (χ1v) is 7.66. The maximum absolute atomic E-state index is 6.01. The summed E-state index contributed by atoms with van der Waals surface area (Å²) in [6, 6.07) is 15.9. The number of rotatable bonds is 5. The van der Waals surface area contributed by atoms with Crippen molar-refractivity contribution < 1.29 is 4.74 Å². The number of benzene rings is 2. The van der Waals surface area contributed by atoms with Gasteiger partial charge in [0.15, 0.2) is 5.82 Å². The van der Waals surface area contributed by atoms with Crippen LogP contribution in [0.15, 0.2) is 48.5 Å². The third-order valence-electron chi connectivity index (χ3n) is 3.73. The van der Waals surface area contributed by atoms with Gasteiger partial charge >= 0.3 is 0 Å². The Hall–Kier alpha value is -2.40. The van der Waals surface area contributed by atoms with Crippen LogP contribution in [0.2, 0.25) is 5.02 Å². The highest BCUT2D eigenvalue weighted by Gasteiger charge is 2.18. The molecule has 0 bridgehead atoms. The van der Waals surface area contributed by atoms with Gasteiger partial charge in [-0.2, -0.15) is 4.80 Å². The minimum Gasteiger partial charge on any atom is -0.497 e. The lowest BCUT2D eigenvalue weighted by molar-refractivity contribution is 0.414. The van der Waals surface area contributed by atoms with E-state index >= 15 is 0 Å². The van der Waals surface area contributed by atoms with E-state index in [1.165, 1.54) is 10.4 Å². The predicted molar refractivity (Wildman–Crippen MR) is 88.8 cm³/mol. The largest absolute Gasteiger partial charge is 0.497 e. The van der Waals surface area contributed by atoms with Crippen LogP contribution < -0.4 is 4.74 Å². The fourth-order valence-corrected chi connectivity index (χ4v) is 2.67. The molecule has 0 aliphatic carbocycles. The van der Waals surface area contributed by atoms with E-state index in [1.807, 2.05) is 36.4 Å². The van der Waals surface area contributed by atoms with Crippen LogP contribution in [-0.4, -0.2) is 27.3 Å². The summed E-state index contributed by atoms with van der Waals surface area (Å²) < 4.78 is 5.24. The first-order chi connectivity index (χ1) is 11.2. The maximum Gasteiger partial charge on any atom is 0.175 e. The standard InChI is InChI=1S/C17H17ClN4O/c1-22-20-17(19-21-22)11-16(12-3-7-14(18)8-4-12)13-5-9-15(23-2)10-6-13/h3-10,16H,11H2,1-2H3. The first kappa shape index (κ1) is 15.5. The van der Waals surface area contributed by atoms with Crippen molar-refractivity contribution in [1.29, 1.82) is 0 Å². The summed E-state index contributed by atoms with van der Waals surface area (Å²) in [5.41, 5.74) is 2.33. The first-order valence-electron chi connectivity index (χ1n) is 7.28. The lowest BCUT2D eigenvalue weighted by Gasteiger charge is -2.17. The molecule has 0 fully saturated rings. The molecule has 0 aliphatic rings. The summed E-state index contributed by atoms with van der Waals surface area (Å²) in [5, 5.41) is 13.0. The highest BCUT2D eigenvalue weighted by atomic mass is 35.5. The average Bonchev–Trinajstić information content (AvgIpc) is 2.99. The molecule has 1 aromatic heterocycles. The summed E-state index contributed by atoms with van der Waals surface area (Å²) in [7, 11) is 3.43. The van der Waals surface area contributed by atoms with E-state index in [9.17, 15) is 0 Å². The number of hydrogen-bond donors (Lipinski definition) is 0. The number of hydrogen-bond acceptors (Lipinski definition) is 4. The van der Waals surface area contributed by atoms with Crippen LogP contribution in [-0.2, 0) is 13.5 Å². The van der Waals surface area contributed by atoms with Gasteiger partial charge in [-0.05, 0) is 40.6 Å². The molecular weight excluding hydrogens is 312 g/mol.